The van der Waals surface area contributed by atoms with Gasteiger partial charge in [-0.2, -0.15) is 0 Å². The number of rotatable bonds is 5. The van der Waals surface area contributed by atoms with Gasteiger partial charge in [-0.05, 0) is 30.9 Å². The number of nitrogens with one attached hydrogen (secondary N) is 1. The SMILES string of the molecule is O=C(CS(=O)(=O)CC1CCCCC1)Nc1ccc2c(c1)OCCCO2. The highest BCUT2D eigenvalue weighted by atomic mass is 32.2. The predicted octanol–water partition coefficient (Wildman–Crippen LogP) is 2.78. The van der Waals surface area contributed by atoms with E-state index in [2.05, 4.69) is 5.32 Å². The van der Waals surface area contributed by atoms with E-state index in [0.29, 0.717) is 30.4 Å². The maximum atomic E-state index is 12.3. The van der Waals surface area contributed by atoms with Crippen molar-refractivity contribution < 1.29 is 22.7 Å². The second-order valence-electron chi connectivity index (χ2n) is 6.82. The minimum atomic E-state index is -3.39. The molecule has 0 bridgehead atoms. The van der Waals surface area contributed by atoms with Gasteiger partial charge in [0.1, 0.15) is 5.75 Å². The summed E-state index contributed by atoms with van der Waals surface area (Å²) >= 11 is 0. The molecule has 1 aromatic carbocycles. The van der Waals surface area contributed by atoms with Crippen molar-refractivity contribution in [3.8, 4) is 11.5 Å². The molecule has 6 nitrogen and oxygen atoms in total. The van der Waals surface area contributed by atoms with Crippen molar-refractivity contribution in [3.05, 3.63) is 18.2 Å². The third-order valence-corrected chi connectivity index (χ3v) is 6.28. The van der Waals surface area contributed by atoms with E-state index in [-0.39, 0.29) is 11.7 Å². The summed E-state index contributed by atoms with van der Waals surface area (Å²) in [6, 6.07) is 5.10. The molecule has 0 atom stereocenters. The van der Waals surface area contributed by atoms with Crippen LogP contribution in [0.15, 0.2) is 18.2 Å². The number of carbonyl (C=O) groups is 1. The molecular weight excluding hydrogens is 342 g/mol. The Labute approximate surface area is 148 Å². The molecule has 0 radical (unpaired) electrons. The average molecular weight is 367 g/mol. The quantitative estimate of drug-likeness (QED) is 0.865. The molecule has 1 heterocycles. The number of benzene rings is 1. The van der Waals surface area contributed by atoms with Crippen molar-refractivity contribution in [2.24, 2.45) is 5.92 Å². The van der Waals surface area contributed by atoms with Crippen LogP contribution in [0.3, 0.4) is 0 Å². The van der Waals surface area contributed by atoms with Gasteiger partial charge in [-0.3, -0.25) is 4.79 Å². The maximum Gasteiger partial charge on any atom is 0.239 e. The second-order valence-corrected chi connectivity index (χ2v) is 8.93. The molecule has 1 aliphatic carbocycles. The third-order valence-electron chi connectivity index (χ3n) is 4.60. The number of carbonyl (C=O) groups excluding carboxylic acids is 1. The summed E-state index contributed by atoms with van der Waals surface area (Å²) < 4.78 is 35.7. The van der Waals surface area contributed by atoms with Crippen LogP contribution in [-0.2, 0) is 14.6 Å². The maximum absolute atomic E-state index is 12.3. The van der Waals surface area contributed by atoms with E-state index in [4.69, 9.17) is 9.47 Å². The van der Waals surface area contributed by atoms with E-state index in [0.717, 1.165) is 32.1 Å². The van der Waals surface area contributed by atoms with Gasteiger partial charge >= 0.3 is 0 Å². The molecule has 3 rings (SSSR count). The molecule has 1 aromatic rings. The van der Waals surface area contributed by atoms with Crippen molar-refractivity contribution in [3.63, 3.8) is 0 Å². The molecule has 0 aromatic heterocycles. The van der Waals surface area contributed by atoms with E-state index in [1.54, 1.807) is 18.2 Å². The fourth-order valence-corrected chi connectivity index (χ4v) is 5.05. The normalized spacial score (nSPS) is 18.4. The number of anilines is 1. The first-order valence-electron chi connectivity index (χ1n) is 8.92. The number of hydrogen-bond donors (Lipinski definition) is 1. The Kier molecular flexibility index (Phi) is 5.83. The Morgan fingerprint density at radius 2 is 1.76 bits per heavy atom. The Bertz CT molecular complexity index is 710. The lowest BCUT2D eigenvalue weighted by Crippen LogP contribution is -2.28. The van der Waals surface area contributed by atoms with Crippen molar-refractivity contribution in [2.45, 2.75) is 38.5 Å². The smallest absolute Gasteiger partial charge is 0.239 e. The summed E-state index contributed by atoms with van der Waals surface area (Å²) in [7, 11) is -3.39. The van der Waals surface area contributed by atoms with Gasteiger partial charge in [0.05, 0.1) is 19.0 Å². The molecule has 25 heavy (non-hydrogen) atoms. The fraction of sp³-hybridized carbons (Fsp3) is 0.611. The summed E-state index contributed by atoms with van der Waals surface area (Å²) in [6.07, 6.45) is 6.05. The van der Waals surface area contributed by atoms with E-state index < -0.39 is 21.5 Å². The zero-order valence-electron chi connectivity index (χ0n) is 14.3. The van der Waals surface area contributed by atoms with E-state index in [9.17, 15) is 13.2 Å². The molecule has 0 spiro atoms. The lowest BCUT2D eigenvalue weighted by molar-refractivity contribution is -0.113. The topological polar surface area (TPSA) is 81.7 Å². The number of amides is 1. The molecule has 1 fully saturated rings. The Morgan fingerprint density at radius 3 is 2.52 bits per heavy atom. The van der Waals surface area contributed by atoms with Crippen LogP contribution in [0.2, 0.25) is 0 Å². The summed E-state index contributed by atoms with van der Waals surface area (Å²) in [6.45, 7) is 1.15. The number of ether oxygens (including phenoxy) is 2. The Hall–Kier alpha value is -1.76. The van der Waals surface area contributed by atoms with E-state index in [1.165, 1.54) is 6.42 Å². The van der Waals surface area contributed by atoms with Crippen LogP contribution in [0.5, 0.6) is 11.5 Å². The molecule has 7 heteroatoms. The minimum Gasteiger partial charge on any atom is -0.490 e. The molecule has 138 valence electrons. The van der Waals surface area contributed by atoms with Crippen LogP contribution in [0.4, 0.5) is 5.69 Å². The van der Waals surface area contributed by atoms with Gasteiger partial charge in [0.25, 0.3) is 0 Å². The Balaban J connectivity index is 1.57. The highest BCUT2D eigenvalue weighted by molar-refractivity contribution is 7.92. The lowest BCUT2D eigenvalue weighted by atomic mass is 9.91. The van der Waals surface area contributed by atoms with Crippen LogP contribution >= 0.6 is 0 Å². The lowest BCUT2D eigenvalue weighted by Gasteiger charge is -2.21. The van der Waals surface area contributed by atoms with Crippen LogP contribution in [0.25, 0.3) is 0 Å². The summed E-state index contributed by atoms with van der Waals surface area (Å²) in [5, 5.41) is 2.65. The van der Waals surface area contributed by atoms with Crippen LogP contribution in [0.1, 0.15) is 38.5 Å². The molecular formula is C18H25NO5S. The Morgan fingerprint density at radius 1 is 1.04 bits per heavy atom. The minimum absolute atomic E-state index is 0.113. The van der Waals surface area contributed by atoms with Crippen LogP contribution < -0.4 is 14.8 Å². The third kappa shape index (κ3) is 5.36. The highest BCUT2D eigenvalue weighted by Gasteiger charge is 2.24. The predicted molar refractivity (Wildman–Crippen MR) is 95.9 cm³/mol. The molecule has 0 saturated heterocycles. The monoisotopic (exact) mass is 367 g/mol. The average Bonchev–Trinajstić information content (AvgIpc) is 2.79. The summed E-state index contributed by atoms with van der Waals surface area (Å²) in [4.78, 5) is 12.1. The van der Waals surface area contributed by atoms with Crippen molar-refractivity contribution in [1.82, 2.24) is 0 Å². The molecule has 1 N–H and O–H groups in total. The summed E-state index contributed by atoms with van der Waals surface area (Å²) in [5.41, 5.74) is 0.516. The number of fused-ring (bicyclic) bond motifs is 1. The van der Waals surface area contributed by atoms with Gasteiger partial charge in [-0.15, -0.1) is 0 Å². The number of hydrogen-bond acceptors (Lipinski definition) is 5. The standard InChI is InChI=1S/C18H25NO5S/c20-18(13-25(21,22)12-14-5-2-1-3-6-14)19-15-7-8-16-17(11-15)24-10-4-9-23-16/h7-8,11,14H,1-6,9-10,12-13H2,(H,19,20). The fourth-order valence-electron chi connectivity index (χ4n) is 3.41. The van der Waals surface area contributed by atoms with E-state index >= 15 is 0 Å². The van der Waals surface area contributed by atoms with Gasteiger partial charge in [-0.1, -0.05) is 19.3 Å². The first-order chi connectivity index (χ1) is 12.0. The van der Waals surface area contributed by atoms with E-state index in [1.807, 2.05) is 0 Å². The van der Waals surface area contributed by atoms with Gasteiger partial charge < -0.3 is 14.8 Å². The van der Waals surface area contributed by atoms with Crippen molar-refractivity contribution in [2.75, 3.05) is 30.0 Å². The zero-order valence-corrected chi connectivity index (χ0v) is 15.1. The van der Waals surface area contributed by atoms with Gasteiger partial charge in [0, 0.05) is 18.2 Å². The van der Waals surface area contributed by atoms with Gasteiger partial charge in [-0.25, -0.2) is 8.42 Å². The number of sulfone groups is 1. The first-order valence-corrected chi connectivity index (χ1v) is 10.7. The van der Waals surface area contributed by atoms with Gasteiger partial charge in [0.15, 0.2) is 21.3 Å². The second kappa shape index (κ2) is 8.08. The molecule has 1 amide bonds. The van der Waals surface area contributed by atoms with Crippen LogP contribution in [-0.4, -0.2) is 39.0 Å². The molecule has 0 unspecified atom stereocenters. The molecule has 1 saturated carbocycles. The molecule has 1 aliphatic heterocycles. The summed E-state index contributed by atoms with van der Waals surface area (Å²) in [5.74, 6) is 0.537. The largest absolute Gasteiger partial charge is 0.490 e. The first kappa shape index (κ1) is 18.0. The van der Waals surface area contributed by atoms with Crippen molar-refractivity contribution >= 4 is 21.4 Å². The van der Waals surface area contributed by atoms with Gasteiger partial charge in [0.2, 0.25) is 5.91 Å². The highest BCUT2D eigenvalue weighted by Crippen LogP contribution is 2.32. The molecule has 2 aliphatic rings. The van der Waals surface area contributed by atoms with Crippen molar-refractivity contribution in [1.29, 1.82) is 0 Å². The van der Waals surface area contributed by atoms with Crippen LogP contribution in [0, 0.1) is 5.92 Å². The zero-order chi connectivity index (χ0) is 17.7.